The van der Waals surface area contributed by atoms with E-state index in [4.69, 9.17) is 0 Å². The third-order valence-corrected chi connectivity index (χ3v) is 5.39. The van der Waals surface area contributed by atoms with Crippen molar-refractivity contribution < 1.29 is 49.2 Å². The molecule has 0 aromatic carbocycles. The summed E-state index contributed by atoms with van der Waals surface area (Å²) in [6, 6.07) is -9.84. The lowest BCUT2D eigenvalue weighted by Crippen LogP contribution is -2.58. The van der Waals surface area contributed by atoms with E-state index in [1.807, 2.05) is 0 Å². The predicted octanol–water partition coefficient (Wildman–Crippen LogP) is -0.329. The number of carboxylic acids is 4. The van der Waals surface area contributed by atoms with E-state index in [2.05, 4.69) is 26.3 Å². The lowest BCUT2D eigenvalue weighted by Gasteiger charge is -2.35. The fraction of sp³-hybridized carbons (Fsp3) is 0.300. The summed E-state index contributed by atoms with van der Waals surface area (Å²) in [5.74, 6) is -6.48. The number of hydrogen-bond acceptors (Lipinski definition) is 6. The zero-order chi connectivity index (χ0) is 26.1. The van der Waals surface area contributed by atoms with Crippen molar-refractivity contribution in [2.75, 3.05) is 0 Å². The first-order valence-corrected chi connectivity index (χ1v) is 9.53. The van der Waals surface area contributed by atoms with E-state index in [-0.39, 0.29) is 0 Å². The Bertz CT molecular complexity index is 844. The normalized spacial score (nSPS) is 22.9. The average Bonchev–Trinajstić information content (AvgIpc) is 3.17. The maximum atomic E-state index is 13.4. The van der Waals surface area contributed by atoms with Gasteiger partial charge in [-0.05, 0) is 0 Å². The van der Waals surface area contributed by atoms with Gasteiger partial charge in [-0.3, -0.25) is 19.6 Å². The van der Waals surface area contributed by atoms with Gasteiger partial charge in [0, 0.05) is 0 Å². The summed E-state index contributed by atoms with van der Waals surface area (Å²) >= 11 is 0. The van der Waals surface area contributed by atoms with Crippen LogP contribution in [0.25, 0.3) is 0 Å². The molecule has 2 aliphatic heterocycles. The molecule has 2 rings (SSSR count). The van der Waals surface area contributed by atoms with Gasteiger partial charge in [0.2, 0.25) is 0 Å². The third kappa shape index (κ3) is 3.74. The van der Waals surface area contributed by atoms with E-state index >= 15 is 0 Å². The maximum Gasteiger partial charge on any atom is 0.330 e. The van der Waals surface area contributed by atoms with Crippen LogP contribution >= 0.6 is 0 Å². The van der Waals surface area contributed by atoms with Crippen molar-refractivity contribution in [2.45, 2.75) is 36.5 Å². The van der Waals surface area contributed by atoms with Gasteiger partial charge in [-0.2, -0.15) is 0 Å². The van der Waals surface area contributed by atoms with Gasteiger partial charge in [0.15, 0.2) is 36.5 Å². The van der Waals surface area contributed by atoms with Gasteiger partial charge in [0.1, 0.15) is 0 Å². The molecule has 2 saturated heterocycles. The summed E-state index contributed by atoms with van der Waals surface area (Å²) in [6.07, 6.45) is -0.240. The second-order valence-electron chi connectivity index (χ2n) is 7.10. The number of rotatable bonds is 12. The van der Waals surface area contributed by atoms with Gasteiger partial charge >= 0.3 is 35.9 Å². The Morgan fingerprint density at radius 3 is 0.853 bits per heavy atom. The van der Waals surface area contributed by atoms with Crippen molar-refractivity contribution in [3.8, 4) is 0 Å². The standard InChI is InChI=1S/C20H22N4O10/c1-5-9(15(25)26)21-13-14(23(19(21)33)11(7-3)17(29)30)24(12(8-4)18(31)32)20(34)22(13)10(6-2)16(27)28/h5-14H,1-4H2,(H,25,26)(H,27,28)(H,29,30)(H,31,32). The van der Waals surface area contributed by atoms with Crippen molar-refractivity contribution in [2.24, 2.45) is 0 Å². The van der Waals surface area contributed by atoms with Crippen molar-refractivity contribution in [3.05, 3.63) is 50.6 Å². The Kier molecular flexibility index (Phi) is 7.15. The molecule has 0 radical (unpaired) electrons. The number of carboxylic acid groups (broad SMARTS) is 4. The van der Waals surface area contributed by atoms with E-state index < -0.39 is 72.4 Å². The number of urea groups is 2. The molecule has 0 aromatic rings. The SMILES string of the molecule is C=CC(C(=O)O)N1C(=O)N(C(C=C)C(=O)O)C2C1N(C(C=C)C(=O)O)C(=O)N2C(C=C)C(=O)O. The minimum absolute atomic E-state index is 0.554. The molecule has 2 aliphatic rings. The summed E-state index contributed by atoms with van der Waals surface area (Å²) < 4.78 is 0. The second kappa shape index (κ2) is 9.48. The minimum Gasteiger partial charge on any atom is -0.479 e. The molecule has 4 amide bonds. The molecule has 14 nitrogen and oxygen atoms in total. The molecule has 4 atom stereocenters. The van der Waals surface area contributed by atoms with Gasteiger partial charge in [-0.15, -0.1) is 26.3 Å². The number of carbonyl (C=O) groups excluding carboxylic acids is 2. The van der Waals surface area contributed by atoms with Crippen LogP contribution in [0, 0.1) is 0 Å². The minimum atomic E-state index is -1.84. The Hall–Kier alpha value is -4.62. The molecule has 0 spiro atoms. The number of hydrogen-bond donors (Lipinski definition) is 4. The number of carbonyl (C=O) groups is 6. The molecule has 4 N–H and O–H groups in total. The smallest absolute Gasteiger partial charge is 0.330 e. The molecule has 4 unspecified atom stereocenters. The zero-order valence-electron chi connectivity index (χ0n) is 17.6. The Morgan fingerprint density at radius 1 is 0.559 bits per heavy atom. The molecule has 0 aliphatic carbocycles. The molecule has 0 saturated carbocycles. The average molecular weight is 478 g/mol. The molecule has 14 heteroatoms. The van der Waals surface area contributed by atoms with Gasteiger partial charge in [-0.1, -0.05) is 24.3 Å². The maximum absolute atomic E-state index is 13.4. The highest BCUT2D eigenvalue weighted by molar-refractivity contribution is 5.96. The first-order chi connectivity index (χ1) is 15.9. The first-order valence-electron chi connectivity index (χ1n) is 9.53. The molecule has 182 valence electrons. The fourth-order valence-corrected chi connectivity index (χ4v) is 4.03. The summed E-state index contributed by atoms with van der Waals surface area (Å²) in [4.78, 5) is 76.6. The highest BCUT2D eigenvalue weighted by atomic mass is 16.4. The molecule has 2 fully saturated rings. The summed E-state index contributed by atoms with van der Waals surface area (Å²) in [5.41, 5.74) is 0. The van der Waals surface area contributed by atoms with Crippen LogP contribution in [0.1, 0.15) is 0 Å². The van der Waals surface area contributed by atoms with E-state index in [1.54, 1.807) is 0 Å². The number of aliphatic carboxylic acids is 4. The van der Waals surface area contributed by atoms with E-state index in [0.29, 0.717) is 19.6 Å². The molecular formula is C20H22N4O10. The third-order valence-electron chi connectivity index (χ3n) is 5.39. The van der Waals surface area contributed by atoms with Crippen LogP contribution in [0.4, 0.5) is 9.59 Å². The zero-order valence-corrected chi connectivity index (χ0v) is 17.6. The summed E-state index contributed by atoms with van der Waals surface area (Å²) in [7, 11) is 0. The number of amides is 4. The highest BCUT2D eigenvalue weighted by Gasteiger charge is 2.66. The number of nitrogens with zero attached hydrogens (tertiary/aromatic N) is 4. The Labute approximate surface area is 192 Å². The van der Waals surface area contributed by atoms with Crippen LogP contribution in [0.15, 0.2) is 50.6 Å². The van der Waals surface area contributed by atoms with Gasteiger partial charge < -0.3 is 20.4 Å². The largest absolute Gasteiger partial charge is 0.479 e. The van der Waals surface area contributed by atoms with Crippen LogP contribution in [0.2, 0.25) is 0 Å². The van der Waals surface area contributed by atoms with Gasteiger partial charge in [0.25, 0.3) is 0 Å². The van der Waals surface area contributed by atoms with E-state index in [1.165, 1.54) is 0 Å². The van der Waals surface area contributed by atoms with Crippen molar-refractivity contribution in [1.82, 2.24) is 19.6 Å². The topological polar surface area (TPSA) is 196 Å². The fourth-order valence-electron chi connectivity index (χ4n) is 4.03. The second-order valence-corrected chi connectivity index (χ2v) is 7.10. The van der Waals surface area contributed by atoms with E-state index in [0.717, 1.165) is 24.3 Å². The number of fused-ring (bicyclic) bond motifs is 1. The Balaban J connectivity index is 2.93. The van der Waals surface area contributed by atoms with Crippen LogP contribution in [0.3, 0.4) is 0 Å². The lowest BCUT2D eigenvalue weighted by atomic mass is 10.1. The lowest BCUT2D eigenvalue weighted by molar-refractivity contribution is -0.145. The Morgan fingerprint density at radius 2 is 0.735 bits per heavy atom. The summed E-state index contributed by atoms with van der Waals surface area (Å²) in [5, 5.41) is 38.6. The summed E-state index contributed by atoms with van der Waals surface area (Å²) in [6.45, 7) is 13.4. The highest BCUT2D eigenvalue weighted by Crippen LogP contribution is 2.40. The molecule has 0 bridgehead atoms. The van der Waals surface area contributed by atoms with Crippen molar-refractivity contribution in [1.29, 1.82) is 0 Å². The van der Waals surface area contributed by atoms with Crippen molar-refractivity contribution in [3.63, 3.8) is 0 Å². The van der Waals surface area contributed by atoms with Crippen LogP contribution < -0.4 is 0 Å². The molecule has 0 aromatic heterocycles. The predicted molar refractivity (Wildman–Crippen MR) is 112 cm³/mol. The van der Waals surface area contributed by atoms with Crippen LogP contribution in [-0.2, 0) is 19.2 Å². The van der Waals surface area contributed by atoms with Crippen LogP contribution in [0.5, 0.6) is 0 Å². The molecular weight excluding hydrogens is 456 g/mol. The van der Waals surface area contributed by atoms with Gasteiger partial charge in [-0.25, -0.2) is 28.8 Å². The van der Waals surface area contributed by atoms with Crippen LogP contribution in [-0.4, -0.2) is 112 Å². The monoisotopic (exact) mass is 478 g/mol. The van der Waals surface area contributed by atoms with Gasteiger partial charge in [0.05, 0.1) is 0 Å². The quantitative estimate of drug-likeness (QED) is 0.270. The van der Waals surface area contributed by atoms with Crippen molar-refractivity contribution >= 4 is 35.9 Å². The first kappa shape index (κ1) is 25.6. The molecule has 34 heavy (non-hydrogen) atoms. The van der Waals surface area contributed by atoms with E-state index in [9.17, 15) is 49.2 Å². The molecule has 2 heterocycles.